The van der Waals surface area contributed by atoms with Crippen LogP contribution >= 0.6 is 0 Å². The van der Waals surface area contributed by atoms with Crippen LogP contribution in [0, 0.1) is 0 Å². The fraction of sp³-hybridized carbons (Fsp3) is 0.538. The first-order valence-corrected chi connectivity index (χ1v) is 6.18. The molecule has 19 heavy (non-hydrogen) atoms. The second-order valence-corrected chi connectivity index (χ2v) is 4.53. The topological polar surface area (TPSA) is 85.2 Å². The molecular weight excluding hydrogens is 248 g/mol. The lowest BCUT2D eigenvalue weighted by Crippen LogP contribution is -2.23. The van der Waals surface area contributed by atoms with E-state index < -0.39 is 5.75 Å². The molecule has 0 bridgehead atoms. The van der Waals surface area contributed by atoms with Crippen LogP contribution in [-0.4, -0.2) is 60.6 Å². The van der Waals surface area contributed by atoms with Gasteiger partial charge in [0.2, 0.25) is 5.75 Å². The molecule has 0 aliphatic rings. The molecule has 0 fully saturated rings. The molecule has 6 heteroatoms. The van der Waals surface area contributed by atoms with Crippen molar-refractivity contribution in [3.05, 3.63) is 17.7 Å². The highest BCUT2D eigenvalue weighted by Crippen LogP contribution is 2.36. The van der Waals surface area contributed by atoms with Crippen LogP contribution in [0.2, 0.25) is 0 Å². The van der Waals surface area contributed by atoms with E-state index in [9.17, 15) is 15.3 Å². The van der Waals surface area contributed by atoms with Gasteiger partial charge in [-0.2, -0.15) is 0 Å². The van der Waals surface area contributed by atoms with Gasteiger partial charge in [0.15, 0.2) is 11.5 Å². The predicted molar refractivity (Wildman–Crippen MR) is 72.5 cm³/mol. The summed E-state index contributed by atoms with van der Waals surface area (Å²) in [6.07, 6.45) is 0. The highest BCUT2D eigenvalue weighted by atomic mass is 16.5. The molecule has 4 N–H and O–H groups in total. The number of nitrogens with one attached hydrogen (secondary N) is 1. The van der Waals surface area contributed by atoms with Gasteiger partial charge in [0.1, 0.15) is 0 Å². The maximum atomic E-state index is 9.59. The zero-order valence-electron chi connectivity index (χ0n) is 11.4. The Hall–Kier alpha value is -1.50. The van der Waals surface area contributed by atoms with Crippen molar-refractivity contribution in [2.24, 2.45) is 0 Å². The van der Waals surface area contributed by atoms with Gasteiger partial charge in [0, 0.05) is 25.2 Å². The third kappa shape index (κ3) is 5.34. The number of phenolic OH excluding ortho intramolecular Hbond substituents is 3. The molecule has 0 aliphatic heterocycles. The van der Waals surface area contributed by atoms with Crippen molar-refractivity contribution in [3.63, 3.8) is 0 Å². The van der Waals surface area contributed by atoms with Crippen LogP contribution in [0.15, 0.2) is 12.1 Å². The summed E-state index contributed by atoms with van der Waals surface area (Å²) in [6.45, 7) is 3.19. The van der Waals surface area contributed by atoms with E-state index >= 15 is 0 Å². The van der Waals surface area contributed by atoms with Gasteiger partial charge in [-0.3, -0.25) is 0 Å². The molecule has 1 aromatic carbocycles. The monoisotopic (exact) mass is 270 g/mol. The summed E-state index contributed by atoms with van der Waals surface area (Å²) < 4.78 is 5.40. The molecule has 0 heterocycles. The van der Waals surface area contributed by atoms with E-state index in [1.54, 1.807) is 6.07 Å². The van der Waals surface area contributed by atoms with Gasteiger partial charge in [0.25, 0.3) is 0 Å². The average molecular weight is 270 g/mol. The number of phenols is 3. The van der Waals surface area contributed by atoms with Crippen LogP contribution in [-0.2, 0) is 11.3 Å². The van der Waals surface area contributed by atoms with E-state index in [1.807, 2.05) is 19.0 Å². The first-order valence-electron chi connectivity index (χ1n) is 6.18. The molecule has 0 saturated heterocycles. The Bertz CT molecular complexity index is 396. The van der Waals surface area contributed by atoms with Crippen molar-refractivity contribution in [1.29, 1.82) is 0 Å². The van der Waals surface area contributed by atoms with Crippen molar-refractivity contribution in [2.45, 2.75) is 6.54 Å². The van der Waals surface area contributed by atoms with Crippen molar-refractivity contribution < 1.29 is 20.1 Å². The SMILES string of the molecule is CN(C)CCOCCNCc1ccc(O)c(O)c1O. The van der Waals surface area contributed by atoms with E-state index in [0.29, 0.717) is 31.9 Å². The van der Waals surface area contributed by atoms with Crippen LogP contribution in [0.25, 0.3) is 0 Å². The zero-order chi connectivity index (χ0) is 14.3. The minimum atomic E-state index is -0.485. The van der Waals surface area contributed by atoms with Gasteiger partial charge in [0.05, 0.1) is 13.2 Å². The fourth-order valence-corrected chi connectivity index (χ4v) is 1.47. The molecule has 0 amide bonds. The molecule has 1 rings (SSSR count). The first kappa shape index (κ1) is 15.6. The Kier molecular flexibility index (Phi) is 6.41. The second-order valence-electron chi connectivity index (χ2n) is 4.53. The quantitative estimate of drug-likeness (QED) is 0.406. The van der Waals surface area contributed by atoms with E-state index in [-0.39, 0.29) is 11.5 Å². The molecule has 108 valence electrons. The van der Waals surface area contributed by atoms with Crippen molar-refractivity contribution in [1.82, 2.24) is 10.2 Å². The molecule has 0 spiro atoms. The molecule has 6 nitrogen and oxygen atoms in total. The lowest BCUT2D eigenvalue weighted by molar-refractivity contribution is 0.119. The fourth-order valence-electron chi connectivity index (χ4n) is 1.47. The Morgan fingerprint density at radius 2 is 1.84 bits per heavy atom. The standard InChI is InChI=1S/C13H22N2O4/c1-15(2)6-8-19-7-5-14-9-10-3-4-11(16)13(18)12(10)17/h3-4,14,16-18H,5-9H2,1-2H3. The summed E-state index contributed by atoms with van der Waals surface area (Å²) in [7, 11) is 3.98. The molecule has 1 aromatic rings. The van der Waals surface area contributed by atoms with Crippen molar-refractivity contribution >= 4 is 0 Å². The second kappa shape index (κ2) is 7.83. The van der Waals surface area contributed by atoms with Gasteiger partial charge in [-0.15, -0.1) is 0 Å². The van der Waals surface area contributed by atoms with Gasteiger partial charge in [-0.05, 0) is 20.2 Å². The average Bonchev–Trinajstić information content (AvgIpc) is 2.37. The molecule has 0 aromatic heterocycles. The lowest BCUT2D eigenvalue weighted by atomic mass is 10.1. The molecule has 0 radical (unpaired) electrons. The van der Waals surface area contributed by atoms with Gasteiger partial charge < -0.3 is 30.3 Å². The highest BCUT2D eigenvalue weighted by molar-refractivity contribution is 5.52. The van der Waals surface area contributed by atoms with Crippen molar-refractivity contribution in [2.75, 3.05) is 40.4 Å². The summed E-state index contributed by atoms with van der Waals surface area (Å²) in [5.41, 5.74) is 0.531. The Balaban J connectivity index is 2.21. The summed E-state index contributed by atoms with van der Waals surface area (Å²) >= 11 is 0. The maximum Gasteiger partial charge on any atom is 0.200 e. The predicted octanol–water partition coefficient (Wildman–Crippen LogP) is 0.471. The Labute approximate surface area is 113 Å². The van der Waals surface area contributed by atoms with Crippen molar-refractivity contribution in [3.8, 4) is 17.2 Å². The lowest BCUT2D eigenvalue weighted by Gasteiger charge is -2.11. The summed E-state index contributed by atoms with van der Waals surface area (Å²) in [5, 5.41) is 31.2. The van der Waals surface area contributed by atoms with E-state index in [2.05, 4.69) is 5.32 Å². The number of ether oxygens (including phenoxy) is 1. The zero-order valence-corrected chi connectivity index (χ0v) is 11.4. The first-order chi connectivity index (χ1) is 9.02. The molecule has 0 saturated carbocycles. The maximum absolute atomic E-state index is 9.59. The number of hydrogen-bond acceptors (Lipinski definition) is 6. The Morgan fingerprint density at radius 1 is 1.11 bits per heavy atom. The Morgan fingerprint density at radius 3 is 2.53 bits per heavy atom. The number of aromatic hydroxyl groups is 3. The number of nitrogens with zero attached hydrogens (tertiary/aromatic N) is 1. The van der Waals surface area contributed by atoms with Crippen LogP contribution in [0.1, 0.15) is 5.56 Å². The normalized spacial score (nSPS) is 11.1. The minimum absolute atomic E-state index is 0.291. The van der Waals surface area contributed by atoms with Gasteiger partial charge >= 0.3 is 0 Å². The van der Waals surface area contributed by atoms with E-state index in [1.165, 1.54) is 6.07 Å². The van der Waals surface area contributed by atoms with Gasteiger partial charge in [-0.1, -0.05) is 6.07 Å². The van der Waals surface area contributed by atoms with E-state index in [4.69, 9.17) is 4.74 Å². The smallest absolute Gasteiger partial charge is 0.200 e. The number of rotatable bonds is 8. The summed E-state index contributed by atoms with van der Waals surface area (Å²) in [4.78, 5) is 2.05. The number of likely N-dealkylation sites (N-methyl/N-ethyl adjacent to an activating group) is 1. The third-order valence-corrected chi connectivity index (χ3v) is 2.63. The third-order valence-electron chi connectivity index (χ3n) is 2.63. The molecule has 0 unspecified atom stereocenters. The number of benzene rings is 1. The summed E-state index contributed by atoms with van der Waals surface area (Å²) in [6, 6.07) is 2.91. The van der Waals surface area contributed by atoms with Crippen LogP contribution in [0.5, 0.6) is 17.2 Å². The van der Waals surface area contributed by atoms with Crippen LogP contribution in [0.4, 0.5) is 0 Å². The van der Waals surface area contributed by atoms with E-state index in [0.717, 1.165) is 6.54 Å². The van der Waals surface area contributed by atoms with Crippen LogP contribution in [0.3, 0.4) is 0 Å². The largest absolute Gasteiger partial charge is 0.504 e. The number of hydrogen-bond donors (Lipinski definition) is 4. The molecular formula is C13H22N2O4. The van der Waals surface area contributed by atoms with Gasteiger partial charge in [-0.25, -0.2) is 0 Å². The summed E-state index contributed by atoms with van der Waals surface area (Å²) in [5.74, 6) is -1.10. The minimum Gasteiger partial charge on any atom is -0.504 e. The molecule has 0 aliphatic carbocycles. The molecule has 0 atom stereocenters. The van der Waals surface area contributed by atoms with Crippen LogP contribution < -0.4 is 5.32 Å². The highest BCUT2D eigenvalue weighted by Gasteiger charge is 2.10.